The number of aromatic nitrogens is 5. The highest BCUT2D eigenvalue weighted by atomic mass is 19.1. The first-order valence-electron chi connectivity index (χ1n) is 10.4. The summed E-state index contributed by atoms with van der Waals surface area (Å²) in [5.41, 5.74) is 4.38. The zero-order valence-electron chi connectivity index (χ0n) is 17.2. The van der Waals surface area contributed by atoms with Crippen molar-refractivity contribution in [1.82, 2.24) is 29.6 Å². The maximum absolute atomic E-state index is 13.5. The third kappa shape index (κ3) is 3.86. The molecule has 1 atom stereocenters. The monoisotopic (exact) mass is 418 g/mol. The molecule has 158 valence electrons. The molecule has 1 aromatic carbocycles. The molecule has 8 heteroatoms. The van der Waals surface area contributed by atoms with Crippen LogP contribution < -0.4 is 0 Å². The Labute approximate surface area is 179 Å². The van der Waals surface area contributed by atoms with Gasteiger partial charge in [-0.05, 0) is 50.1 Å². The van der Waals surface area contributed by atoms with Crippen molar-refractivity contribution in [2.24, 2.45) is 0 Å². The molecule has 3 aromatic heterocycles. The van der Waals surface area contributed by atoms with E-state index in [1.54, 1.807) is 30.9 Å². The lowest BCUT2D eigenvalue weighted by atomic mass is 10.0. The van der Waals surface area contributed by atoms with E-state index in [-0.39, 0.29) is 11.9 Å². The first-order valence-corrected chi connectivity index (χ1v) is 10.4. The fourth-order valence-corrected chi connectivity index (χ4v) is 4.32. The Morgan fingerprint density at radius 3 is 2.55 bits per heavy atom. The summed E-state index contributed by atoms with van der Waals surface area (Å²) in [6, 6.07) is 10.8. The second kappa shape index (κ2) is 8.39. The highest BCUT2D eigenvalue weighted by molar-refractivity contribution is 5.76. The van der Waals surface area contributed by atoms with E-state index in [1.807, 2.05) is 18.5 Å². The van der Waals surface area contributed by atoms with E-state index in [0.717, 1.165) is 54.3 Å². The van der Waals surface area contributed by atoms with Crippen molar-refractivity contribution in [2.75, 3.05) is 13.1 Å². The normalized spacial score (nSPS) is 16.5. The van der Waals surface area contributed by atoms with Crippen molar-refractivity contribution < 1.29 is 8.91 Å². The number of imidazole rings is 1. The van der Waals surface area contributed by atoms with Gasteiger partial charge < -0.3 is 9.09 Å². The number of rotatable bonds is 5. The van der Waals surface area contributed by atoms with E-state index in [1.165, 1.54) is 12.1 Å². The van der Waals surface area contributed by atoms with E-state index < -0.39 is 0 Å². The molecule has 0 amide bonds. The fourth-order valence-electron chi connectivity index (χ4n) is 4.32. The van der Waals surface area contributed by atoms with Gasteiger partial charge in [-0.1, -0.05) is 5.16 Å². The minimum absolute atomic E-state index is 0.221. The molecule has 1 saturated heterocycles. The molecule has 0 unspecified atom stereocenters. The second-order valence-corrected chi connectivity index (χ2v) is 7.82. The molecule has 4 aromatic rings. The molecule has 0 saturated carbocycles. The maximum atomic E-state index is 13.5. The molecule has 0 radical (unpaired) electrons. The van der Waals surface area contributed by atoms with Crippen LogP contribution in [-0.2, 0) is 0 Å². The average molecular weight is 418 g/mol. The van der Waals surface area contributed by atoms with Crippen molar-refractivity contribution in [2.45, 2.75) is 31.8 Å². The summed E-state index contributed by atoms with van der Waals surface area (Å²) >= 11 is 0. The predicted molar refractivity (Wildman–Crippen MR) is 113 cm³/mol. The van der Waals surface area contributed by atoms with Gasteiger partial charge in [-0.15, -0.1) is 0 Å². The van der Waals surface area contributed by atoms with Gasteiger partial charge >= 0.3 is 0 Å². The van der Waals surface area contributed by atoms with Crippen LogP contribution in [0.15, 0.2) is 66.0 Å². The van der Waals surface area contributed by atoms with Crippen molar-refractivity contribution >= 4 is 0 Å². The van der Waals surface area contributed by atoms with Crippen LogP contribution in [0.4, 0.5) is 4.39 Å². The van der Waals surface area contributed by atoms with E-state index in [4.69, 9.17) is 9.51 Å². The van der Waals surface area contributed by atoms with E-state index in [2.05, 4.69) is 31.5 Å². The average Bonchev–Trinajstić information content (AvgIpc) is 3.50. The lowest BCUT2D eigenvalue weighted by molar-refractivity contribution is 0.139. The number of hydrogen-bond acceptors (Lipinski definition) is 6. The van der Waals surface area contributed by atoms with Crippen LogP contribution in [0, 0.1) is 5.82 Å². The van der Waals surface area contributed by atoms with Crippen molar-refractivity contribution in [3.05, 3.63) is 73.0 Å². The largest absolute Gasteiger partial charge is 0.364 e. The molecule has 0 bridgehead atoms. The number of hydrogen-bond donors (Lipinski definition) is 0. The Hall–Kier alpha value is -3.39. The van der Waals surface area contributed by atoms with Gasteiger partial charge in [0.05, 0.1) is 29.5 Å². The molecule has 1 aliphatic heterocycles. The lowest BCUT2D eigenvalue weighted by Crippen LogP contribution is -2.36. The van der Waals surface area contributed by atoms with Gasteiger partial charge in [0, 0.05) is 37.0 Å². The SMILES string of the molecule is C[C@@H](c1ccon1)N1CCC(n2cnc(-c3ccc(F)cc3)c2-c2ccncn2)CC1. The van der Waals surface area contributed by atoms with Crippen LogP contribution in [0.25, 0.3) is 22.6 Å². The first kappa shape index (κ1) is 19.6. The van der Waals surface area contributed by atoms with Crippen LogP contribution >= 0.6 is 0 Å². The Bertz CT molecular complexity index is 1120. The topological polar surface area (TPSA) is 72.9 Å². The molecule has 31 heavy (non-hydrogen) atoms. The van der Waals surface area contributed by atoms with Gasteiger partial charge in [-0.2, -0.15) is 0 Å². The van der Waals surface area contributed by atoms with Crippen molar-refractivity contribution in [3.63, 3.8) is 0 Å². The third-order valence-electron chi connectivity index (χ3n) is 6.06. The predicted octanol–water partition coefficient (Wildman–Crippen LogP) is 4.53. The third-order valence-corrected chi connectivity index (χ3v) is 6.06. The van der Waals surface area contributed by atoms with E-state index in [9.17, 15) is 4.39 Å². The Kier molecular flexibility index (Phi) is 5.30. The Morgan fingerprint density at radius 1 is 1.06 bits per heavy atom. The Morgan fingerprint density at radius 2 is 1.87 bits per heavy atom. The molecule has 0 N–H and O–H groups in total. The number of benzene rings is 1. The van der Waals surface area contributed by atoms with Crippen molar-refractivity contribution in [1.29, 1.82) is 0 Å². The lowest BCUT2D eigenvalue weighted by Gasteiger charge is -2.36. The van der Waals surface area contributed by atoms with Crippen molar-refractivity contribution in [3.8, 4) is 22.6 Å². The van der Waals surface area contributed by atoms with E-state index in [0.29, 0.717) is 6.04 Å². The van der Waals surface area contributed by atoms with Gasteiger partial charge in [-0.25, -0.2) is 19.3 Å². The molecule has 0 aliphatic carbocycles. The number of likely N-dealkylation sites (tertiary alicyclic amines) is 1. The number of nitrogens with zero attached hydrogens (tertiary/aromatic N) is 6. The van der Waals surface area contributed by atoms with Crippen LogP contribution in [0.1, 0.15) is 37.5 Å². The first-order chi connectivity index (χ1) is 15.2. The zero-order chi connectivity index (χ0) is 21.2. The van der Waals surface area contributed by atoms with Crippen LogP contribution in [0.3, 0.4) is 0 Å². The molecular weight excluding hydrogens is 395 g/mol. The standard InChI is InChI=1S/C23H23FN6O/c1-16(20-9-13-31-28-20)29-11-7-19(8-12-29)30-15-27-22(17-2-4-18(24)5-3-17)23(30)21-6-10-25-14-26-21/h2-6,9-10,13-16,19H,7-8,11-12H2,1H3/t16-/m0/s1. The molecule has 1 aliphatic rings. The van der Waals surface area contributed by atoms with Gasteiger partial charge in [0.15, 0.2) is 0 Å². The Balaban J connectivity index is 1.44. The molecular formula is C23H23FN6O. The second-order valence-electron chi connectivity index (χ2n) is 7.82. The summed E-state index contributed by atoms with van der Waals surface area (Å²) < 4.78 is 20.7. The highest BCUT2D eigenvalue weighted by Gasteiger charge is 2.28. The number of halogens is 1. The van der Waals surface area contributed by atoms with Crippen LogP contribution in [0.5, 0.6) is 0 Å². The summed E-state index contributed by atoms with van der Waals surface area (Å²) in [5.74, 6) is -0.264. The summed E-state index contributed by atoms with van der Waals surface area (Å²) in [4.78, 5) is 15.7. The minimum atomic E-state index is -0.264. The van der Waals surface area contributed by atoms with Crippen LogP contribution in [-0.4, -0.2) is 42.7 Å². The molecule has 4 heterocycles. The molecule has 1 fully saturated rings. The smallest absolute Gasteiger partial charge is 0.124 e. The summed E-state index contributed by atoms with van der Waals surface area (Å²) in [6.45, 7) is 4.06. The summed E-state index contributed by atoms with van der Waals surface area (Å²) in [5, 5.41) is 4.09. The van der Waals surface area contributed by atoms with Gasteiger partial charge in [0.2, 0.25) is 0 Å². The van der Waals surface area contributed by atoms with E-state index >= 15 is 0 Å². The molecule has 7 nitrogen and oxygen atoms in total. The number of piperidine rings is 1. The van der Waals surface area contributed by atoms with Gasteiger partial charge in [-0.3, -0.25) is 4.90 Å². The minimum Gasteiger partial charge on any atom is -0.364 e. The summed E-state index contributed by atoms with van der Waals surface area (Å²) in [7, 11) is 0. The quantitative estimate of drug-likeness (QED) is 0.474. The molecule has 0 spiro atoms. The maximum Gasteiger partial charge on any atom is 0.124 e. The highest BCUT2D eigenvalue weighted by Crippen LogP contribution is 2.36. The van der Waals surface area contributed by atoms with Crippen LogP contribution in [0.2, 0.25) is 0 Å². The fraction of sp³-hybridized carbons (Fsp3) is 0.304. The van der Waals surface area contributed by atoms with Gasteiger partial charge in [0.1, 0.15) is 24.1 Å². The molecule has 5 rings (SSSR count). The summed E-state index contributed by atoms with van der Waals surface area (Å²) in [6.07, 6.45) is 8.76. The van der Waals surface area contributed by atoms with Gasteiger partial charge in [0.25, 0.3) is 0 Å². The zero-order valence-corrected chi connectivity index (χ0v) is 17.2.